The van der Waals surface area contributed by atoms with Crippen LogP contribution in [0.2, 0.25) is 0 Å². The second-order valence-electron chi connectivity index (χ2n) is 0. The maximum absolute atomic E-state index is 0. The molecule has 0 aromatic rings. The molecule has 0 aromatic heterocycles. The Morgan fingerprint density at radius 1 is 0.800 bits per heavy atom. The van der Waals surface area contributed by atoms with E-state index in [1.54, 1.807) is 0 Å². The van der Waals surface area contributed by atoms with Crippen molar-refractivity contribution in [2.75, 3.05) is 0 Å². The van der Waals surface area contributed by atoms with Gasteiger partial charge in [-0.05, 0) is 0 Å². The average molecular weight is 106 g/mol. The van der Waals surface area contributed by atoms with E-state index in [1.165, 1.54) is 0 Å². The van der Waals surface area contributed by atoms with E-state index in [9.17, 15) is 0 Å². The van der Waals surface area contributed by atoms with Gasteiger partial charge in [-0.1, -0.05) is 22.3 Å². The summed E-state index contributed by atoms with van der Waals surface area (Å²) in [4.78, 5) is 0. The van der Waals surface area contributed by atoms with Gasteiger partial charge in [-0.2, -0.15) is 0 Å². The van der Waals surface area contributed by atoms with Crippen molar-refractivity contribution in [3.05, 3.63) is 0 Å². The molecule has 2 heteroatoms. The Balaban J connectivity index is 0. The average Bonchev–Trinajstić information content (AvgIpc) is 0. The van der Waals surface area contributed by atoms with E-state index in [0.717, 1.165) is 0 Å². The molecule has 0 fully saturated rings. The van der Waals surface area contributed by atoms with Gasteiger partial charge < -0.3 is 7.58 Å². The van der Waals surface area contributed by atoms with E-state index in [1.807, 2.05) is 0 Å². The van der Waals surface area contributed by atoms with E-state index >= 15 is 0 Å². The molecule has 0 rings (SSSR count). The monoisotopic (exact) mass is 106 g/mol. The van der Waals surface area contributed by atoms with Gasteiger partial charge in [0, 0.05) is 0 Å². The van der Waals surface area contributed by atoms with Crippen LogP contribution in [-0.2, 0) is 0 Å². The summed E-state index contributed by atoms with van der Waals surface area (Å²) in [6, 6.07) is 0. The molecule has 0 radical (unpaired) electrons. The van der Waals surface area contributed by atoms with Crippen molar-refractivity contribution < 1.29 is 52.8 Å². The smallest absolute Gasteiger partial charge is 1.00 e. The summed E-state index contributed by atoms with van der Waals surface area (Å²) >= 11 is 0. The second kappa shape index (κ2) is 46.4. The minimum absolute atomic E-state index is 0. The molecule has 0 bridgehead atoms. The molecule has 0 saturated carbocycles. The Labute approximate surface area is 80.0 Å². The zero-order valence-electron chi connectivity index (χ0n) is 2.71. The van der Waals surface area contributed by atoms with Crippen LogP contribution in [0, 0.1) is 0 Å². The molecule has 0 aromatic carbocycles. The van der Waals surface area contributed by atoms with Gasteiger partial charge in [-0.3, -0.25) is 0 Å². The van der Waals surface area contributed by atoms with E-state index in [4.69, 9.17) is 0 Å². The molecule has 0 atom stereocenters. The number of hydrogen-bond acceptors (Lipinski definition) is 1. The van der Waals surface area contributed by atoms with Gasteiger partial charge in [0.2, 0.25) is 0 Å². The van der Waals surface area contributed by atoms with Gasteiger partial charge in [0.15, 0.2) is 0 Å². The minimum Gasteiger partial charge on any atom is -1.00 e. The molecule has 3 N–H and O–H groups in total. The normalized spacial score (nSPS) is 0. The van der Waals surface area contributed by atoms with E-state index in [0.29, 0.717) is 0 Å². The Kier molecular flexibility index (Phi) is 752. The topological polar surface area (TPSA) is 35.0 Å². The van der Waals surface area contributed by atoms with Crippen LogP contribution in [0.3, 0.4) is 0 Å². The Bertz CT molecular complexity index is 10.8. The first kappa shape index (κ1) is 81.1. The fraction of sp³-hybridized carbons (Fsp3) is 1.00. The SMILES string of the molecule is C.C.C.N.[2H-].[K+]. The molecule has 0 amide bonds. The summed E-state index contributed by atoms with van der Waals surface area (Å²) in [6.45, 7) is 0. The third kappa shape index (κ3) is 28.4. The maximum Gasteiger partial charge on any atom is 1.00 e. The van der Waals surface area contributed by atoms with Crippen LogP contribution >= 0.6 is 0 Å². The van der Waals surface area contributed by atoms with E-state index < -0.39 is 0 Å². The van der Waals surface area contributed by atoms with Gasteiger partial charge in [0.05, 0.1) is 0 Å². The van der Waals surface area contributed by atoms with Gasteiger partial charge in [-0.25, -0.2) is 0 Å². The number of hydrogen-bond donors (Lipinski definition) is 1. The van der Waals surface area contributed by atoms with Crippen molar-refractivity contribution >= 4 is 0 Å². The van der Waals surface area contributed by atoms with E-state index in [2.05, 4.69) is 0 Å². The summed E-state index contributed by atoms with van der Waals surface area (Å²) in [6.07, 6.45) is 0. The molecule has 0 spiro atoms. The fourth-order valence-corrected chi connectivity index (χ4v) is 0. The summed E-state index contributed by atoms with van der Waals surface area (Å²) < 4.78 is 0. The first-order chi connectivity index (χ1) is 0. The molecule has 0 unspecified atom stereocenters. The standard InChI is InChI=1S/3CH4.K.H3N.H/h3*1H4;;1H3;/q;;;+1;;-1/i;;;;;1+1. The minimum atomic E-state index is 0. The maximum atomic E-state index is 0. The van der Waals surface area contributed by atoms with Crippen LogP contribution in [0.5, 0.6) is 0 Å². The summed E-state index contributed by atoms with van der Waals surface area (Å²) in [5.74, 6) is 0. The molecule has 0 heterocycles. The first-order valence-electron chi connectivity index (χ1n) is 0. The predicted molar refractivity (Wildman–Crippen MR) is 26.3 cm³/mol. The van der Waals surface area contributed by atoms with Crippen LogP contribution in [0.25, 0.3) is 0 Å². The molecule has 0 saturated heterocycles. The third-order valence-corrected chi connectivity index (χ3v) is 0. The van der Waals surface area contributed by atoms with Crippen LogP contribution in [0.15, 0.2) is 0 Å². The third-order valence-electron chi connectivity index (χ3n) is 0. The van der Waals surface area contributed by atoms with Crippen molar-refractivity contribution in [3.8, 4) is 0 Å². The second-order valence-corrected chi connectivity index (χ2v) is 0. The van der Waals surface area contributed by atoms with Gasteiger partial charge in [0.1, 0.15) is 0 Å². The molecule has 34 valence electrons. The van der Waals surface area contributed by atoms with Crippen molar-refractivity contribution in [2.45, 2.75) is 22.3 Å². The molecule has 1 nitrogen and oxygen atoms in total. The van der Waals surface area contributed by atoms with Crippen molar-refractivity contribution in [1.82, 2.24) is 6.15 Å². The van der Waals surface area contributed by atoms with Gasteiger partial charge >= 0.3 is 51.4 Å². The Morgan fingerprint density at radius 2 is 0.800 bits per heavy atom. The Morgan fingerprint density at radius 3 is 0.800 bits per heavy atom. The molecular weight excluding hydrogens is 89.1 g/mol. The van der Waals surface area contributed by atoms with E-state index in [-0.39, 0.29) is 81.2 Å². The Hall–Kier alpha value is 1.60. The van der Waals surface area contributed by atoms with Crippen molar-refractivity contribution in [2.24, 2.45) is 0 Å². The van der Waals surface area contributed by atoms with Gasteiger partial charge in [0.25, 0.3) is 0 Å². The van der Waals surface area contributed by atoms with Crippen LogP contribution in [-0.4, -0.2) is 0 Å². The molecule has 0 aliphatic carbocycles. The molecule has 0 aliphatic rings. The van der Waals surface area contributed by atoms with Crippen LogP contribution < -0.4 is 57.5 Å². The largest absolute Gasteiger partial charge is 1.00 e. The molecule has 5 heavy (non-hydrogen) atoms. The zero-order chi connectivity index (χ0) is 0. The summed E-state index contributed by atoms with van der Waals surface area (Å²) in [5, 5.41) is 0. The quantitative estimate of drug-likeness (QED) is 0.403. The fourth-order valence-electron chi connectivity index (χ4n) is 0. The molecular formula is C3H16KN. The van der Waals surface area contributed by atoms with Crippen LogP contribution in [0.4, 0.5) is 0 Å². The zero-order valence-corrected chi connectivity index (χ0v) is 4.83. The first-order valence-corrected chi connectivity index (χ1v) is 0. The summed E-state index contributed by atoms with van der Waals surface area (Å²) in [7, 11) is 0. The number of rotatable bonds is 0. The molecule has 0 aliphatic heterocycles. The summed E-state index contributed by atoms with van der Waals surface area (Å²) in [5.41, 5.74) is 0. The van der Waals surface area contributed by atoms with Crippen LogP contribution in [0.1, 0.15) is 23.7 Å². The van der Waals surface area contributed by atoms with Crippen molar-refractivity contribution in [1.29, 1.82) is 0 Å². The van der Waals surface area contributed by atoms with Crippen molar-refractivity contribution in [3.63, 3.8) is 0 Å². The van der Waals surface area contributed by atoms with Gasteiger partial charge in [-0.15, -0.1) is 0 Å². The predicted octanol–water partition coefficient (Wildman–Crippen LogP) is -0.813.